The minimum atomic E-state index is -4.11. The van der Waals surface area contributed by atoms with Gasteiger partial charge in [0, 0.05) is 12.6 Å². The van der Waals surface area contributed by atoms with Crippen LogP contribution in [0.3, 0.4) is 0 Å². The van der Waals surface area contributed by atoms with Gasteiger partial charge >= 0.3 is 0 Å². The van der Waals surface area contributed by atoms with Crippen molar-refractivity contribution >= 4 is 10.0 Å². The molecular weight excluding hydrogens is 281 g/mol. The molecule has 1 rings (SSSR count). The third-order valence-electron chi connectivity index (χ3n) is 2.46. The van der Waals surface area contributed by atoms with Crippen LogP contribution in [-0.2, 0) is 10.0 Å². The minimum absolute atomic E-state index is 0.0587. The Bertz CT molecular complexity index is 526. The SMILES string of the molecule is CCCC(N)CNS(=O)(=O)c1cc(F)c(F)c(F)c1. The fraction of sp³-hybridized carbons (Fsp3) is 0.455. The second-order valence-corrected chi connectivity index (χ2v) is 5.87. The van der Waals surface area contributed by atoms with Crippen molar-refractivity contribution in [2.75, 3.05) is 6.54 Å². The van der Waals surface area contributed by atoms with Gasteiger partial charge < -0.3 is 5.73 Å². The fourth-order valence-electron chi connectivity index (χ4n) is 1.46. The van der Waals surface area contributed by atoms with Gasteiger partial charge in [0.05, 0.1) is 4.90 Å². The molecule has 0 aromatic heterocycles. The number of nitrogens with one attached hydrogen (secondary N) is 1. The van der Waals surface area contributed by atoms with Crippen LogP contribution in [0.5, 0.6) is 0 Å². The molecule has 0 spiro atoms. The van der Waals surface area contributed by atoms with Crippen LogP contribution in [-0.4, -0.2) is 21.0 Å². The van der Waals surface area contributed by atoms with Gasteiger partial charge in [-0.25, -0.2) is 26.3 Å². The van der Waals surface area contributed by atoms with Crippen molar-refractivity contribution in [3.63, 3.8) is 0 Å². The van der Waals surface area contributed by atoms with Crippen LogP contribution in [0.25, 0.3) is 0 Å². The topological polar surface area (TPSA) is 72.2 Å². The molecule has 8 heteroatoms. The smallest absolute Gasteiger partial charge is 0.240 e. The average Bonchev–Trinajstić information content (AvgIpc) is 2.33. The van der Waals surface area contributed by atoms with Crippen LogP contribution in [0.4, 0.5) is 13.2 Å². The number of hydrogen-bond donors (Lipinski definition) is 2. The van der Waals surface area contributed by atoms with E-state index < -0.39 is 38.4 Å². The highest BCUT2D eigenvalue weighted by Crippen LogP contribution is 2.17. The molecule has 1 aromatic rings. The lowest BCUT2D eigenvalue weighted by Crippen LogP contribution is -2.37. The Labute approximate surface area is 109 Å². The van der Waals surface area contributed by atoms with Crippen molar-refractivity contribution in [2.24, 2.45) is 5.73 Å². The van der Waals surface area contributed by atoms with E-state index in [9.17, 15) is 21.6 Å². The Hall–Kier alpha value is -1.12. The molecule has 0 bridgehead atoms. The molecule has 0 saturated heterocycles. The number of halogens is 3. The van der Waals surface area contributed by atoms with Crippen molar-refractivity contribution in [3.8, 4) is 0 Å². The molecule has 0 fully saturated rings. The van der Waals surface area contributed by atoms with Crippen LogP contribution >= 0.6 is 0 Å². The van der Waals surface area contributed by atoms with Crippen LogP contribution < -0.4 is 10.5 Å². The highest BCUT2D eigenvalue weighted by atomic mass is 32.2. The first-order valence-electron chi connectivity index (χ1n) is 5.67. The van der Waals surface area contributed by atoms with Gasteiger partial charge in [0.25, 0.3) is 0 Å². The Balaban J connectivity index is 2.89. The molecule has 4 nitrogen and oxygen atoms in total. The lowest BCUT2D eigenvalue weighted by atomic mass is 10.2. The lowest BCUT2D eigenvalue weighted by Gasteiger charge is -2.12. The van der Waals surface area contributed by atoms with Crippen molar-refractivity contribution < 1.29 is 21.6 Å². The summed E-state index contributed by atoms with van der Waals surface area (Å²) in [6.07, 6.45) is 1.39. The molecule has 1 unspecified atom stereocenters. The van der Waals surface area contributed by atoms with Crippen LogP contribution in [0, 0.1) is 17.5 Å². The van der Waals surface area contributed by atoms with E-state index in [2.05, 4.69) is 4.72 Å². The molecule has 0 aliphatic heterocycles. The first-order chi connectivity index (χ1) is 8.77. The number of hydrogen-bond acceptors (Lipinski definition) is 3. The zero-order chi connectivity index (χ0) is 14.6. The molecule has 0 radical (unpaired) electrons. The van der Waals surface area contributed by atoms with E-state index in [4.69, 9.17) is 5.73 Å². The molecule has 0 aliphatic rings. The molecule has 3 N–H and O–H groups in total. The third-order valence-corrected chi connectivity index (χ3v) is 3.87. The maximum Gasteiger partial charge on any atom is 0.240 e. The number of rotatable bonds is 6. The third kappa shape index (κ3) is 4.19. The predicted octanol–water partition coefficient (Wildman–Crippen LogP) is 1.51. The summed E-state index contributed by atoms with van der Waals surface area (Å²) >= 11 is 0. The monoisotopic (exact) mass is 296 g/mol. The van der Waals surface area contributed by atoms with Gasteiger partial charge in [0.15, 0.2) is 17.5 Å². The molecule has 1 aromatic carbocycles. The number of benzene rings is 1. The average molecular weight is 296 g/mol. The van der Waals surface area contributed by atoms with E-state index in [-0.39, 0.29) is 6.54 Å². The summed E-state index contributed by atoms with van der Waals surface area (Å²) in [5, 5.41) is 0. The van der Waals surface area contributed by atoms with Crippen molar-refractivity contribution in [1.29, 1.82) is 0 Å². The summed E-state index contributed by atoms with van der Waals surface area (Å²) in [4.78, 5) is -0.674. The van der Waals surface area contributed by atoms with Crippen molar-refractivity contribution in [3.05, 3.63) is 29.6 Å². The summed E-state index contributed by atoms with van der Waals surface area (Å²) in [5.41, 5.74) is 5.62. The second kappa shape index (κ2) is 6.36. The molecule has 0 aliphatic carbocycles. The standard InChI is InChI=1S/C11H15F3N2O2S/c1-2-3-7(15)6-16-19(17,18)8-4-9(12)11(14)10(13)5-8/h4-5,7,16H,2-3,6,15H2,1H3. The summed E-state index contributed by atoms with van der Waals surface area (Å²) in [5.74, 6) is -4.82. The Morgan fingerprint density at radius 1 is 1.26 bits per heavy atom. The summed E-state index contributed by atoms with van der Waals surface area (Å²) < 4.78 is 64.2. The summed E-state index contributed by atoms with van der Waals surface area (Å²) in [6, 6.07) is 0.452. The molecule has 0 saturated carbocycles. The maximum atomic E-state index is 13.0. The Morgan fingerprint density at radius 3 is 2.26 bits per heavy atom. The van der Waals surface area contributed by atoms with Gasteiger partial charge in [-0.3, -0.25) is 0 Å². The van der Waals surface area contributed by atoms with E-state index in [0.717, 1.165) is 6.42 Å². The molecule has 108 valence electrons. The van der Waals surface area contributed by atoms with Gasteiger partial charge in [-0.2, -0.15) is 0 Å². The maximum absolute atomic E-state index is 13.0. The van der Waals surface area contributed by atoms with Gasteiger partial charge in [-0.05, 0) is 18.6 Å². The zero-order valence-electron chi connectivity index (χ0n) is 10.3. The molecular formula is C11H15F3N2O2S. The van der Waals surface area contributed by atoms with E-state index >= 15 is 0 Å². The molecule has 19 heavy (non-hydrogen) atoms. The zero-order valence-corrected chi connectivity index (χ0v) is 11.1. The Morgan fingerprint density at radius 2 is 1.79 bits per heavy atom. The van der Waals surface area contributed by atoms with E-state index in [1.165, 1.54) is 0 Å². The van der Waals surface area contributed by atoms with Crippen molar-refractivity contribution in [2.45, 2.75) is 30.7 Å². The largest absolute Gasteiger partial charge is 0.327 e. The first-order valence-corrected chi connectivity index (χ1v) is 7.16. The van der Waals surface area contributed by atoms with Crippen LogP contribution in [0.15, 0.2) is 17.0 Å². The van der Waals surface area contributed by atoms with Crippen LogP contribution in [0.1, 0.15) is 19.8 Å². The minimum Gasteiger partial charge on any atom is -0.327 e. The molecule has 0 amide bonds. The summed E-state index contributed by atoms with van der Waals surface area (Å²) in [7, 11) is -4.11. The van der Waals surface area contributed by atoms with Crippen LogP contribution in [0.2, 0.25) is 0 Å². The van der Waals surface area contributed by atoms with E-state index in [1.807, 2.05) is 6.92 Å². The highest BCUT2D eigenvalue weighted by Gasteiger charge is 2.20. The van der Waals surface area contributed by atoms with E-state index in [0.29, 0.717) is 18.6 Å². The van der Waals surface area contributed by atoms with Gasteiger partial charge in [-0.1, -0.05) is 13.3 Å². The van der Waals surface area contributed by atoms with E-state index in [1.54, 1.807) is 0 Å². The molecule has 0 heterocycles. The fourth-order valence-corrected chi connectivity index (χ4v) is 2.58. The first kappa shape index (κ1) is 15.9. The second-order valence-electron chi connectivity index (χ2n) is 4.10. The highest BCUT2D eigenvalue weighted by molar-refractivity contribution is 7.89. The van der Waals surface area contributed by atoms with Gasteiger partial charge in [0.1, 0.15) is 0 Å². The molecule has 1 atom stereocenters. The number of nitrogens with two attached hydrogens (primary N) is 1. The normalized spacial score (nSPS) is 13.5. The Kier molecular flexibility index (Phi) is 5.33. The summed E-state index contributed by atoms with van der Waals surface area (Å²) in [6.45, 7) is 1.83. The van der Waals surface area contributed by atoms with Crippen molar-refractivity contribution in [1.82, 2.24) is 4.72 Å². The van der Waals surface area contributed by atoms with Gasteiger partial charge in [-0.15, -0.1) is 0 Å². The predicted molar refractivity (Wildman–Crippen MR) is 64.4 cm³/mol. The quantitative estimate of drug-likeness (QED) is 0.782. The number of sulfonamides is 1. The lowest BCUT2D eigenvalue weighted by molar-refractivity contribution is 0.442. The van der Waals surface area contributed by atoms with Gasteiger partial charge in [0.2, 0.25) is 10.0 Å².